The molecular formula is C25H21N5O4. The highest BCUT2D eigenvalue weighted by atomic mass is 16.6. The van der Waals surface area contributed by atoms with Crippen molar-refractivity contribution in [3.63, 3.8) is 0 Å². The van der Waals surface area contributed by atoms with Crippen molar-refractivity contribution in [2.75, 3.05) is 12.5 Å². The Balaban J connectivity index is 1.69. The summed E-state index contributed by atoms with van der Waals surface area (Å²) in [7, 11) is 1.61. The van der Waals surface area contributed by atoms with Crippen LogP contribution in [0.5, 0.6) is 11.5 Å². The van der Waals surface area contributed by atoms with Crippen LogP contribution in [0.4, 0.5) is 11.6 Å². The molecule has 4 rings (SSSR count). The zero-order valence-electron chi connectivity index (χ0n) is 18.5. The Morgan fingerprint density at radius 3 is 2.18 bits per heavy atom. The molecule has 0 spiro atoms. The summed E-state index contributed by atoms with van der Waals surface area (Å²) in [5.41, 5.74) is 7.06. The van der Waals surface area contributed by atoms with Gasteiger partial charge in [0.15, 0.2) is 0 Å². The van der Waals surface area contributed by atoms with E-state index in [2.05, 4.69) is 20.5 Å². The lowest BCUT2D eigenvalue weighted by Gasteiger charge is -2.09. The first-order chi connectivity index (χ1) is 16.4. The van der Waals surface area contributed by atoms with E-state index in [1.807, 2.05) is 61.5 Å². The number of nitro benzene ring substituents is 1. The predicted octanol–water partition coefficient (Wildman–Crippen LogP) is 5.19. The quantitative estimate of drug-likeness (QED) is 0.223. The number of nitrogens with zero attached hydrogens (tertiary/aromatic N) is 4. The van der Waals surface area contributed by atoms with Crippen molar-refractivity contribution >= 4 is 17.9 Å². The summed E-state index contributed by atoms with van der Waals surface area (Å²) in [6, 6.07) is 21.0. The lowest BCUT2D eigenvalue weighted by Crippen LogP contribution is -2.00. The van der Waals surface area contributed by atoms with Crippen molar-refractivity contribution in [2.24, 2.45) is 5.10 Å². The SMILES string of the molecule is COc1ccc(-c2cc(-c3ccc(C)cc3)nc(N/N=C\c3cc([N+](=O)[O-])ccc3O)n2)cc1. The molecule has 0 radical (unpaired) electrons. The van der Waals surface area contributed by atoms with Gasteiger partial charge in [-0.2, -0.15) is 5.10 Å². The molecule has 1 aromatic heterocycles. The molecule has 0 saturated heterocycles. The number of methoxy groups -OCH3 is 1. The van der Waals surface area contributed by atoms with Crippen molar-refractivity contribution in [2.45, 2.75) is 6.92 Å². The number of nitro groups is 1. The molecule has 2 N–H and O–H groups in total. The van der Waals surface area contributed by atoms with Gasteiger partial charge in [0.25, 0.3) is 5.69 Å². The van der Waals surface area contributed by atoms with Gasteiger partial charge >= 0.3 is 0 Å². The lowest BCUT2D eigenvalue weighted by atomic mass is 10.1. The maximum Gasteiger partial charge on any atom is 0.270 e. The molecule has 1 heterocycles. The second-order valence-corrected chi connectivity index (χ2v) is 7.43. The first kappa shape index (κ1) is 22.4. The minimum atomic E-state index is -0.542. The Hall–Kier alpha value is -4.79. The average molecular weight is 455 g/mol. The minimum absolute atomic E-state index is 0.135. The number of nitrogens with one attached hydrogen (secondary N) is 1. The summed E-state index contributed by atoms with van der Waals surface area (Å²) < 4.78 is 5.23. The third-order valence-electron chi connectivity index (χ3n) is 5.05. The lowest BCUT2D eigenvalue weighted by molar-refractivity contribution is -0.384. The first-order valence-corrected chi connectivity index (χ1v) is 10.3. The molecule has 9 nitrogen and oxygen atoms in total. The van der Waals surface area contributed by atoms with E-state index >= 15 is 0 Å². The Bertz CT molecular complexity index is 1350. The van der Waals surface area contributed by atoms with Gasteiger partial charge in [0.2, 0.25) is 5.95 Å². The molecule has 0 aliphatic heterocycles. The maximum atomic E-state index is 11.0. The summed E-state index contributed by atoms with van der Waals surface area (Å²) in [5, 5.41) is 25.1. The van der Waals surface area contributed by atoms with Gasteiger partial charge in [-0.1, -0.05) is 29.8 Å². The number of hydrogen-bond acceptors (Lipinski definition) is 8. The van der Waals surface area contributed by atoms with Crippen molar-refractivity contribution in [3.8, 4) is 34.0 Å². The van der Waals surface area contributed by atoms with Crippen molar-refractivity contribution in [1.82, 2.24) is 9.97 Å². The number of aromatic hydroxyl groups is 1. The van der Waals surface area contributed by atoms with Gasteiger partial charge in [-0.15, -0.1) is 0 Å². The van der Waals surface area contributed by atoms with Gasteiger partial charge in [-0.3, -0.25) is 10.1 Å². The maximum absolute atomic E-state index is 11.0. The van der Waals surface area contributed by atoms with Gasteiger partial charge < -0.3 is 9.84 Å². The fraction of sp³-hybridized carbons (Fsp3) is 0.0800. The number of rotatable bonds is 7. The van der Waals surface area contributed by atoms with Crippen LogP contribution in [-0.2, 0) is 0 Å². The van der Waals surface area contributed by atoms with E-state index in [1.54, 1.807) is 7.11 Å². The molecule has 170 valence electrons. The fourth-order valence-corrected chi connectivity index (χ4v) is 3.20. The number of anilines is 1. The largest absolute Gasteiger partial charge is 0.507 e. The number of aromatic nitrogens is 2. The van der Waals surface area contributed by atoms with Crippen LogP contribution in [0, 0.1) is 17.0 Å². The van der Waals surface area contributed by atoms with Gasteiger partial charge in [-0.25, -0.2) is 15.4 Å². The van der Waals surface area contributed by atoms with Crippen molar-refractivity contribution < 1.29 is 14.8 Å². The molecule has 0 atom stereocenters. The zero-order valence-corrected chi connectivity index (χ0v) is 18.5. The van der Waals surface area contributed by atoms with E-state index < -0.39 is 4.92 Å². The number of phenols is 1. The fourth-order valence-electron chi connectivity index (χ4n) is 3.20. The Kier molecular flexibility index (Phi) is 6.45. The van der Waals surface area contributed by atoms with Crippen LogP contribution >= 0.6 is 0 Å². The Morgan fingerprint density at radius 1 is 0.971 bits per heavy atom. The van der Waals surface area contributed by atoms with E-state index in [-0.39, 0.29) is 22.9 Å². The summed E-state index contributed by atoms with van der Waals surface area (Å²) in [6.07, 6.45) is 1.28. The molecule has 0 unspecified atom stereocenters. The van der Waals surface area contributed by atoms with Crippen molar-refractivity contribution in [1.29, 1.82) is 0 Å². The zero-order chi connectivity index (χ0) is 24.1. The van der Waals surface area contributed by atoms with Gasteiger partial charge in [0, 0.05) is 28.8 Å². The third-order valence-corrected chi connectivity index (χ3v) is 5.05. The molecule has 0 amide bonds. The van der Waals surface area contributed by atoms with E-state index in [0.717, 1.165) is 22.4 Å². The van der Waals surface area contributed by atoms with E-state index in [1.165, 1.54) is 24.4 Å². The highest BCUT2D eigenvalue weighted by molar-refractivity contribution is 5.85. The monoisotopic (exact) mass is 455 g/mol. The number of aryl methyl sites for hydroxylation is 1. The van der Waals surface area contributed by atoms with Gasteiger partial charge in [0.1, 0.15) is 11.5 Å². The molecule has 0 aliphatic carbocycles. The Labute approximate surface area is 195 Å². The topological polar surface area (TPSA) is 123 Å². The van der Waals surface area contributed by atoms with Crippen LogP contribution in [0.1, 0.15) is 11.1 Å². The number of benzene rings is 3. The highest BCUT2D eigenvalue weighted by Gasteiger charge is 2.11. The van der Waals surface area contributed by atoms with Crippen LogP contribution in [0.3, 0.4) is 0 Å². The molecule has 4 aromatic rings. The van der Waals surface area contributed by atoms with Crippen LogP contribution in [-0.4, -0.2) is 33.3 Å². The minimum Gasteiger partial charge on any atom is -0.507 e. The van der Waals surface area contributed by atoms with E-state index in [9.17, 15) is 15.2 Å². The average Bonchev–Trinajstić information content (AvgIpc) is 2.85. The normalized spacial score (nSPS) is 10.9. The molecule has 0 fully saturated rings. The third kappa shape index (κ3) is 5.16. The predicted molar refractivity (Wildman–Crippen MR) is 130 cm³/mol. The molecule has 0 bridgehead atoms. The number of phenolic OH excluding ortho intramolecular Hbond substituents is 1. The molecule has 9 heteroatoms. The summed E-state index contributed by atoms with van der Waals surface area (Å²) in [6.45, 7) is 2.01. The molecular weight excluding hydrogens is 434 g/mol. The van der Waals surface area contributed by atoms with Crippen molar-refractivity contribution in [3.05, 3.63) is 94.0 Å². The Morgan fingerprint density at radius 2 is 1.59 bits per heavy atom. The van der Waals surface area contributed by atoms with Crippen LogP contribution in [0.25, 0.3) is 22.5 Å². The van der Waals surface area contributed by atoms with Crippen LogP contribution in [0.2, 0.25) is 0 Å². The molecule has 0 saturated carbocycles. The summed E-state index contributed by atoms with van der Waals surface area (Å²) in [4.78, 5) is 19.6. The second-order valence-electron chi connectivity index (χ2n) is 7.43. The molecule has 34 heavy (non-hydrogen) atoms. The number of hydrogen-bond donors (Lipinski definition) is 2. The second kappa shape index (κ2) is 9.78. The summed E-state index contributed by atoms with van der Waals surface area (Å²) >= 11 is 0. The standard InChI is InChI=1S/C25H21N5O4/c1-16-3-5-17(6-4-16)22-14-23(18-7-10-21(34-2)11-8-18)28-25(27-22)29-26-15-19-13-20(30(32)33)9-12-24(19)31/h3-15,31H,1-2H3,(H,27,28,29)/b26-15-. The molecule has 0 aliphatic rings. The molecule has 3 aromatic carbocycles. The van der Waals surface area contributed by atoms with Crippen LogP contribution < -0.4 is 10.2 Å². The summed E-state index contributed by atoms with van der Waals surface area (Å²) in [5.74, 6) is 0.825. The van der Waals surface area contributed by atoms with Crippen LogP contribution in [0.15, 0.2) is 77.9 Å². The number of non-ortho nitro benzene ring substituents is 1. The van der Waals surface area contributed by atoms with Gasteiger partial charge in [0.05, 0.1) is 29.6 Å². The smallest absolute Gasteiger partial charge is 0.270 e. The highest BCUT2D eigenvalue weighted by Crippen LogP contribution is 2.27. The number of ether oxygens (including phenoxy) is 1. The van der Waals surface area contributed by atoms with E-state index in [4.69, 9.17) is 4.74 Å². The van der Waals surface area contributed by atoms with E-state index in [0.29, 0.717) is 11.4 Å². The van der Waals surface area contributed by atoms with Gasteiger partial charge in [-0.05, 0) is 43.3 Å². The first-order valence-electron chi connectivity index (χ1n) is 10.3. The number of hydrazone groups is 1.